The molecule has 0 saturated heterocycles. The SMILES string of the molecule is CNC(=O)c1ccc2c(OC)ncc(-c3ccc4c(c3)CS(=O)(=O)N4)c2n1. The van der Waals surface area contributed by atoms with Gasteiger partial charge in [0.15, 0.2) is 0 Å². The van der Waals surface area contributed by atoms with Crippen LogP contribution in [0.1, 0.15) is 16.1 Å². The maximum Gasteiger partial charge on any atom is 0.269 e. The summed E-state index contributed by atoms with van der Waals surface area (Å²) < 4.78 is 31.4. The number of methoxy groups -OCH3 is 1. The molecule has 1 amide bonds. The molecule has 1 aliphatic rings. The summed E-state index contributed by atoms with van der Waals surface area (Å²) in [4.78, 5) is 20.8. The molecule has 3 heterocycles. The molecular formula is C18H16N4O4S. The standard InChI is InChI=1S/C18H16N4O4S/c1-19-17(23)15-6-4-12-16(21-15)13(8-20-18(12)26-2)10-3-5-14-11(7-10)9-27(24,25)22-14/h3-8,22H,9H2,1-2H3,(H,19,23). The molecule has 9 heteroatoms. The summed E-state index contributed by atoms with van der Waals surface area (Å²) in [5, 5.41) is 3.21. The van der Waals surface area contributed by atoms with Gasteiger partial charge in [-0.05, 0) is 35.4 Å². The molecular weight excluding hydrogens is 368 g/mol. The van der Waals surface area contributed by atoms with Crippen LogP contribution in [-0.4, -0.2) is 38.5 Å². The summed E-state index contributed by atoms with van der Waals surface area (Å²) in [7, 11) is -0.281. The Balaban J connectivity index is 1.93. The van der Waals surface area contributed by atoms with Crippen LogP contribution in [0.4, 0.5) is 5.69 Å². The highest BCUT2D eigenvalue weighted by Crippen LogP contribution is 2.35. The monoisotopic (exact) mass is 384 g/mol. The quantitative estimate of drug-likeness (QED) is 0.714. The van der Waals surface area contributed by atoms with E-state index in [1.54, 1.807) is 36.5 Å². The first-order chi connectivity index (χ1) is 12.9. The topological polar surface area (TPSA) is 110 Å². The zero-order valence-corrected chi connectivity index (χ0v) is 15.4. The van der Waals surface area contributed by atoms with Crippen LogP contribution >= 0.6 is 0 Å². The van der Waals surface area contributed by atoms with Gasteiger partial charge in [-0.3, -0.25) is 9.52 Å². The van der Waals surface area contributed by atoms with Crippen LogP contribution in [0.3, 0.4) is 0 Å². The first-order valence-corrected chi connectivity index (χ1v) is 9.76. The van der Waals surface area contributed by atoms with E-state index >= 15 is 0 Å². The van der Waals surface area contributed by atoms with Crippen molar-refractivity contribution < 1.29 is 17.9 Å². The van der Waals surface area contributed by atoms with Gasteiger partial charge in [-0.15, -0.1) is 0 Å². The Hall–Kier alpha value is -3.20. The van der Waals surface area contributed by atoms with E-state index in [2.05, 4.69) is 20.0 Å². The minimum absolute atomic E-state index is 0.0748. The normalized spacial score (nSPS) is 14.4. The third kappa shape index (κ3) is 2.95. The van der Waals surface area contributed by atoms with Crippen LogP contribution in [0.25, 0.3) is 22.0 Å². The Kier molecular flexibility index (Phi) is 3.96. The van der Waals surface area contributed by atoms with Crippen molar-refractivity contribution in [2.45, 2.75) is 5.75 Å². The highest BCUT2D eigenvalue weighted by atomic mass is 32.2. The van der Waals surface area contributed by atoms with Crippen molar-refractivity contribution in [1.82, 2.24) is 15.3 Å². The smallest absolute Gasteiger partial charge is 0.269 e. The van der Waals surface area contributed by atoms with E-state index in [1.807, 2.05) is 0 Å². The molecule has 0 fully saturated rings. The van der Waals surface area contributed by atoms with Gasteiger partial charge < -0.3 is 10.1 Å². The van der Waals surface area contributed by atoms with Gasteiger partial charge >= 0.3 is 0 Å². The molecule has 0 unspecified atom stereocenters. The number of amides is 1. The van der Waals surface area contributed by atoms with Gasteiger partial charge in [0.2, 0.25) is 15.9 Å². The van der Waals surface area contributed by atoms with Gasteiger partial charge in [0.05, 0.1) is 29.5 Å². The van der Waals surface area contributed by atoms with Gasteiger partial charge in [-0.1, -0.05) is 6.07 Å². The lowest BCUT2D eigenvalue weighted by molar-refractivity contribution is 0.0958. The number of fused-ring (bicyclic) bond motifs is 2. The molecule has 0 atom stereocenters. The van der Waals surface area contributed by atoms with E-state index in [9.17, 15) is 13.2 Å². The zero-order chi connectivity index (χ0) is 19.2. The van der Waals surface area contributed by atoms with E-state index in [1.165, 1.54) is 14.2 Å². The number of rotatable bonds is 3. The minimum atomic E-state index is -3.33. The first kappa shape index (κ1) is 17.2. The van der Waals surface area contributed by atoms with Gasteiger partial charge in [-0.2, -0.15) is 0 Å². The molecule has 0 aliphatic carbocycles. The molecule has 3 aromatic rings. The second kappa shape index (κ2) is 6.20. The number of hydrogen-bond donors (Lipinski definition) is 2. The molecule has 8 nitrogen and oxygen atoms in total. The molecule has 0 saturated carbocycles. The predicted molar refractivity (Wildman–Crippen MR) is 101 cm³/mol. The summed E-state index contributed by atoms with van der Waals surface area (Å²) in [5.74, 6) is 0.0206. The van der Waals surface area contributed by atoms with E-state index in [4.69, 9.17) is 4.74 Å². The number of hydrogen-bond acceptors (Lipinski definition) is 6. The fourth-order valence-corrected chi connectivity index (χ4v) is 4.36. The van der Waals surface area contributed by atoms with Crippen LogP contribution in [0.2, 0.25) is 0 Å². The van der Waals surface area contributed by atoms with E-state index in [-0.39, 0.29) is 17.4 Å². The van der Waals surface area contributed by atoms with E-state index in [0.29, 0.717) is 33.6 Å². The highest BCUT2D eigenvalue weighted by molar-refractivity contribution is 7.92. The Labute approximate surface area is 155 Å². The van der Waals surface area contributed by atoms with Crippen molar-refractivity contribution in [3.05, 3.63) is 47.8 Å². The van der Waals surface area contributed by atoms with Crippen molar-refractivity contribution in [3.8, 4) is 17.0 Å². The number of sulfonamides is 1. The number of carbonyl (C=O) groups is 1. The number of carbonyl (C=O) groups excluding carboxylic acids is 1. The Morgan fingerprint density at radius 3 is 2.81 bits per heavy atom. The Morgan fingerprint density at radius 2 is 2.07 bits per heavy atom. The average molecular weight is 384 g/mol. The maximum atomic E-state index is 12.0. The van der Waals surface area contributed by atoms with Crippen molar-refractivity contribution in [2.24, 2.45) is 0 Å². The van der Waals surface area contributed by atoms with Crippen molar-refractivity contribution in [3.63, 3.8) is 0 Å². The summed E-state index contributed by atoms with van der Waals surface area (Å²) in [6.07, 6.45) is 1.61. The Morgan fingerprint density at radius 1 is 1.26 bits per heavy atom. The third-order valence-corrected chi connectivity index (χ3v) is 5.59. The minimum Gasteiger partial charge on any atom is -0.481 e. The summed E-state index contributed by atoms with van der Waals surface area (Å²) in [5.41, 5.74) is 3.52. The summed E-state index contributed by atoms with van der Waals surface area (Å²) >= 11 is 0. The number of nitrogens with zero attached hydrogens (tertiary/aromatic N) is 2. The van der Waals surface area contributed by atoms with Gasteiger partial charge in [0.25, 0.3) is 5.91 Å². The van der Waals surface area contributed by atoms with E-state index < -0.39 is 10.0 Å². The van der Waals surface area contributed by atoms with Crippen molar-refractivity contribution >= 4 is 32.5 Å². The van der Waals surface area contributed by atoms with Crippen molar-refractivity contribution in [1.29, 1.82) is 0 Å². The number of ether oxygens (including phenoxy) is 1. The van der Waals surface area contributed by atoms with Gasteiger partial charge in [-0.25, -0.2) is 18.4 Å². The maximum absolute atomic E-state index is 12.0. The van der Waals surface area contributed by atoms with Crippen molar-refractivity contribution in [2.75, 3.05) is 18.9 Å². The van der Waals surface area contributed by atoms with Crippen LogP contribution < -0.4 is 14.8 Å². The lowest BCUT2D eigenvalue weighted by atomic mass is 10.0. The fourth-order valence-electron chi connectivity index (χ4n) is 3.11. The molecule has 1 aliphatic heterocycles. The van der Waals surface area contributed by atoms with Crippen LogP contribution in [0, 0.1) is 0 Å². The highest BCUT2D eigenvalue weighted by Gasteiger charge is 2.24. The molecule has 1 aromatic carbocycles. The zero-order valence-electron chi connectivity index (χ0n) is 14.6. The number of nitrogens with one attached hydrogen (secondary N) is 2. The number of pyridine rings is 2. The lowest BCUT2D eigenvalue weighted by Gasteiger charge is -2.11. The molecule has 0 spiro atoms. The largest absolute Gasteiger partial charge is 0.481 e. The second-order valence-electron chi connectivity index (χ2n) is 6.09. The van der Waals surface area contributed by atoms with Gasteiger partial charge in [0.1, 0.15) is 5.69 Å². The summed E-state index contributed by atoms with van der Waals surface area (Å²) in [6.45, 7) is 0. The number of aromatic nitrogens is 2. The fraction of sp³-hybridized carbons (Fsp3) is 0.167. The number of benzene rings is 1. The lowest BCUT2D eigenvalue weighted by Crippen LogP contribution is -2.19. The summed E-state index contributed by atoms with van der Waals surface area (Å²) in [6, 6.07) is 8.65. The molecule has 0 radical (unpaired) electrons. The molecule has 2 aromatic heterocycles. The third-order valence-electron chi connectivity index (χ3n) is 4.37. The van der Waals surface area contributed by atoms with E-state index in [0.717, 1.165) is 5.56 Å². The molecule has 138 valence electrons. The molecule has 4 rings (SSSR count). The molecule has 0 bridgehead atoms. The molecule has 27 heavy (non-hydrogen) atoms. The van der Waals surface area contributed by atoms with Crippen LogP contribution in [0.5, 0.6) is 5.88 Å². The first-order valence-electron chi connectivity index (χ1n) is 8.11. The number of anilines is 1. The molecule has 2 N–H and O–H groups in total. The Bertz CT molecular complexity index is 1190. The van der Waals surface area contributed by atoms with Crippen LogP contribution in [0.15, 0.2) is 36.5 Å². The van der Waals surface area contributed by atoms with Gasteiger partial charge in [0, 0.05) is 18.8 Å². The van der Waals surface area contributed by atoms with Crippen LogP contribution in [-0.2, 0) is 15.8 Å². The average Bonchev–Trinajstić information content (AvgIpc) is 2.98. The predicted octanol–water partition coefficient (Wildman–Crippen LogP) is 1.92. The second-order valence-corrected chi connectivity index (χ2v) is 7.81.